The molecule has 0 N–H and O–H groups in total. The highest BCUT2D eigenvalue weighted by Crippen LogP contribution is 2.37. The standard InChI is InChI=1S/C20H24BNO2/c1-15-17(11-12-21-23-19(2,3)20(4,5)24-21)13-22-14-18(15)16-9-7-6-8-10-16/h6-14H,1-5H3/b12-11+. The lowest BCUT2D eigenvalue weighted by Crippen LogP contribution is -2.41. The molecule has 4 heteroatoms. The molecule has 1 aliphatic rings. The number of hydrogen-bond acceptors (Lipinski definition) is 3. The first-order valence-electron chi connectivity index (χ1n) is 8.34. The van der Waals surface area contributed by atoms with Crippen molar-refractivity contribution in [1.82, 2.24) is 4.98 Å². The summed E-state index contributed by atoms with van der Waals surface area (Å²) in [5, 5.41) is 0. The Morgan fingerprint density at radius 3 is 2.21 bits per heavy atom. The normalized spacial score (nSPS) is 19.1. The average molecular weight is 321 g/mol. The third-order valence-corrected chi connectivity index (χ3v) is 5.04. The summed E-state index contributed by atoms with van der Waals surface area (Å²) in [7, 11) is -0.338. The van der Waals surface area contributed by atoms with Crippen LogP contribution in [0.15, 0.2) is 48.7 Å². The minimum atomic E-state index is -0.338. The third kappa shape index (κ3) is 3.17. The van der Waals surface area contributed by atoms with Gasteiger partial charge in [-0.15, -0.1) is 0 Å². The van der Waals surface area contributed by atoms with Gasteiger partial charge in [-0.1, -0.05) is 42.4 Å². The van der Waals surface area contributed by atoms with Crippen molar-refractivity contribution < 1.29 is 9.31 Å². The molecule has 1 aromatic heterocycles. The van der Waals surface area contributed by atoms with Crippen LogP contribution in [-0.2, 0) is 9.31 Å². The lowest BCUT2D eigenvalue weighted by atomic mass is 9.88. The van der Waals surface area contributed by atoms with Crippen molar-refractivity contribution in [3.63, 3.8) is 0 Å². The molecule has 2 heterocycles. The van der Waals surface area contributed by atoms with E-state index in [4.69, 9.17) is 9.31 Å². The summed E-state index contributed by atoms with van der Waals surface area (Å²) in [6, 6.07) is 10.3. The molecule has 3 nitrogen and oxygen atoms in total. The number of aromatic nitrogens is 1. The zero-order valence-corrected chi connectivity index (χ0v) is 15.0. The second-order valence-electron chi connectivity index (χ2n) is 7.25. The van der Waals surface area contributed by atoms with Gasteiger partial charge in [0.1, 0.15) is 0 Å². The van der Waals surface area contributed by atoms with Crippen molar-refractivity contribution in [2.75, 3.05) is 0 Å². The van der Waals surface area contributed by atoms with E-state index in [1.165, 1.54) is 11.1 Å². The van der Waals surface area contributed by atoms with Gasteiger partial charge in [0.05, 0.1) is 11.2 Å². The van der Waals surface area contributed by atoms with E-state index in [2.05, 4.69) is 51.7 Å². The van der Waals surface area contributed by atoms with Crippen LogP contribution >= 0.6 is 0 Å². The maximum atomic E-state index is 6.01. The summed E-state index contributed by atoms with van der Waals surface area (Å²) in [6.45, 7) is 10.4. The Morgan fingerprint density at radius 1 is 0.958 bits per heavy atom. The smallest absolute Gasteiger partial charge is 0.400 e. The molecule has 24 heavy (non-hydrogen) atoms. The molecule has 0 bridgehead atoms. The first-order valence-corrected chi connectivity index (χ1v) is 8.34. The van der Waals surface area contributed by atoms with E-state index in [1.54, 1.807) is 0 Å². The van der Waals surface area contributed by atoms with Crippen LogP contribution in [-0.4, -0.2) is 23.3 Å². The summed E-state index contributed by atoms with van der Waals surface area (Å²) in [6.07, 6.45) is 5.83. The highest BCUT2D eigenvalue weighted by molar-refractivity contribution is 6.52. The zero-order chi connectivity index (χ0) is 17.4. The van der Waals surface area contributed by atoms with Crippen molar-refractivity contribution in [3.05, 3.63) is 59.8 Å². The van der Waals surface area contributed by atoms with Crippen molar-refractivity contribution in [2.45, 2.75) is 45.8 Å². The Labute approximate surface area is 144 Å². The van der Waals surface area contributed by atoms with Crippen molar-refractivity contribution in [1.29, 1.82) is 0 Å². The predicted octanol–water partition coefficient (Wildman–Crippen LogP) is 4.70. The van der Waals surface area contributed by atoms with Crippen LogP contribution < -0.4 is 0 Å². The van der Waals surface area contributed by atoms with Crippen LogP contribution in [0.4, 0.5) is 0 Å². The third-order valence-electron chi connectivity index (χ3n) is 5.04. The van der Waals surface area contributed by atoms with Crippen LogP contribution in [0.5, 0.6) is 0 Å². The molecule has 1 aromatic carbocycles. The van der Waals surface area contributed by atoms with Gasteiger partial charge >= 0.3 is 7.12 Å². The number of rotatable bonds is 3. The topological polar surface area (TPSA) is 31.4 Å². The minimum Gasteiger partial charge on any atom is -0.400 e. The van der Waals surface area contributed by atoms with E-state index in [0.717, 1.165) is 11.1 Å². The lowest BCUT2D eigenvalue weighted by molar-refractivity contribution is 0.00578. The molecule has 124 valence electrons. The highest BCUT2D eigenvalue weighted by Gasteiger charge is 2.49. The van der Waals surface area contributed by atoms with Gasteiger partial charge in [-0.2, -0.15) is 0 Å². The number of hydrogen-bond donors (Lipinski definition) is 0. The molecule has 2 aromatic rings. The molecular formula is C20H24BNO2. The minimum absolute atomic E-state index is 0.318. The Morgan fingerprint density at radius 2 is 1.58 bits per heavy atom. The largest absolute Gasteiger partial charge is 0.487 e. The van der Waals surface area contributed by atoms with Crippen LogP contribution in [0, 0.1) is 6.92 Å². The summed E-state index contributed by atoms with van der Waals surface area (Å²) >= 11 is 0. The molecule has 0 unspecified atom stereocenters. The molecule has 1 saturated heterocycles. The zero-order valence-electron chi connectivity index (χ0n) is 15.0. The molecular weight excluding hydrogens is 297 g/mol. The SMILES string of the molecule is Cc1c(/C=C/B2OC(C)(C)C(C)(C)O2)cncc1-c1ccccc1. The quantitative estimate of drug-likeness (QED) is 0.768. The summed E-state index contributed by atoms with van der Waals surface area (Å²) in [5.74, 6) is 1.97. The Hall–Kier alpha value is -1.91. The van der Waals surface area contributed by atoms with Gasteiger partial charge in [0.15, 0.2) is 0 Å². The molecule has 0 spiro atoms. The highest BCUT2D eigenvalue weighted by atomic mass is 16.7. The molecule has 0 radical (unpaired) electrons. The Balaban J connectivity index is 1.84. The maximum absolute atomic E-state index is 6.01. The average Bonchev–Trinajstić information content (AvgIpc) is 2.74. The van der Waals surface area contributed by atoms with Gasteiger partial charge in [-0.3, -0.25) is 4.98 Å². The first-order chi connectivity index (χ1) is 11.3. The van der Waals surface area contributed by atoms with E-state index in [9.17, 15) is 0 Å². The van der Waals surface area contributed by atoms with E-state index < -0.39 is 0 Å². The van der Waals surface area contributed by atoms with E-state index in [0.29, 0.717) is 0 Å². The number of nitrogens with zero attached hydrogens (tertiary/aromatic N) is 1. The van der Waals surface area contributed by atoms with Gasteiger partial charge in [-0.05, 0) is 51.3 Å². The molecule has 0 aliphatic carbocycles. The van der Waals surface area contributed by atoms with E-state index in [-0.39, 0.29) is 18.3 Å². The monoisotopic (exact) mass is 321 g/mol. The fourth-order valence-electron chi connectivity index (χ4n) is 2.77. The molecule has 0 saturated carbocycles. The van der Waals surface area contributed by atoms with E-state index in [1.807, 2.05) is 42.6 Å². The molecule has 1 aliphatic heterocycles. The molecule has 0 atom stereocenters. The van der Waals surface area contributed by atoms with Crippen LogP contribution in [0.3, 0.4) is 0 Å². The fourth-order valence-corrected chi connectivity index (χ4v) is 2.77. The van der Waals surface area contributed by atoms with Gasteiger partial charge in [0, 0.05) is 18.0 Å². The first kappa shape index (κ1) is 16.9. The summed E-state index contributed by atoms with van der Waals surface area (Å²) < 4.78 is 12.0. The maximum Gasteiger partial charge on any atom is 0.487 e. The molecule has 0 amide bonds. The van der Waals surface area contributed by atoms with Gasteiger partial charge in [0.2, 0.25) is 0 Å². The second-order valence-corrected chi connectivity index (χ2v) is 7.25. The second kappa shape index (κ2) is 6.19. The Kier molecular flexibility index (Phi) is 4.37. The van der Waals surface area contributed by atoms with Crippen molar-refractivity contribution >= 4 is 13.2 Å². The van der Waals surface area contributed by atoms with Crippen LogP contribution in [0.2, 0.25) is 0 Å². The number of pyridine rings is 1. The van der Waals surface area contributed by atoms with Gasteiger partial charge in [0.25, 0.3) is 0 Å². The summed E-state index contributed by atoms with van der Waals surface area (Å²) in [5.41, 5.74) is 3.96. The van der Waals surface area contributed by atoms with Crippen LogP contribution in [0.1, 0.15) is 38.8 Å². The number of benzene rings is 1. The van der Waals surface area contributed by atoms with Gasteiger partial charge < -0.3 is 9.31 Å². The van der Waals surface area contributed by atoms with Gasteiger partial charge in [-0.25, -0.2) is 0 Å². The predicted molar refractivity (Wildman–Crippen MR) is 99.5 cm³/mol. The van der Waals surface area contributed by atoms with Crippen molar-refractivity contribution in [3.8, 4) is 11.1 Å². The fraction of sp³-hybridized carbons (Fsp3) is 0.350. The van der Waals surface area contributed by atoms with E-state index >= 15 is 0 Å². The summed E-state index contributed by atoms with van der Waals surface area (Å²) in [4.78, 5) is 4.39. The molecule has 3 rings (SSSR count). The van der Waals surface area contributed by atoms with Crippen molar-refractivity contribution in [2.24, 2.45) is 0 Å². The lowest BCUT2D eigenvalue weighted by Gasteiger charge is -2.32. The van der Waals surface area contributed by atoms with Crippen LogP contribution in [0.25, 0.3) is 17.2 Å². The Bertz CT molecular complexity index is 737. The molecule has 1 fully saturated rings.